The smallest absolute Gasteiger partial charge is 0.270 e. The molecule has 0 aliphatic carbocycles. The first kappa shape index (κ1) is 14.8. The van der Waals surface area contributed by atoms with Crippen LogP contribution in [0.1, 0.15) is 0 Å². The molecule has 0 spiro atoms. The lowest BCUT2D eigenvalue weighted by Crippen LogP contribution is -1.93. The lowest BCUT2D eigenvalue weighted by molar-refractivity contribution is 0.393. The van der Waals surface area contributed by atoms with Crippen LogP contribution in [0.4, 0.5) is 5.82 Å². The van der Waals surface area contributed by atoms with Gasteiger partial charge in [-0.3, -0.25) is 5.10 Å². The van der Waals surface area contributed by atoms with Crippen molar-refractivity contribution >= 4 is 16.7 Å². The number of hydrogen-bond donors (Lipinski definition) is 1. The van der Waals surface area contributed by atoms with Gasteiger partial charge in [0.25, 0.3) is 5.82 Å². The van der Waals surface area contributed by atoms with Gasteiger partial charge in [-0.05, 0) is 18.2 Å². The number of aromatic nitrogens is 5. The first-order valence-corrected chi connectivity index (χ1v) is 7.48. The molecule has 1 aromatic carbocycles. The van der Waals surface area contributed by atoms with Crippen molar-refractivity contribution in [2.75, 3.05) is 7.11 Å². The van der Waals surface area contributed by atoms with Crippen LogP contribution in [0.3, 0.4) is 0 Å². The molecule has 0 fully saturated rings. The van der Waals surface area contributed by atoms with Gasteiger partial charge in [0.05, 0.1) is 18.8 Å². The fourth-order valence-electron chi connectivity index (χ4n) is 2.63. The number of ether oxygens (including phenoxy) is 1. The van der Waals surface area contributed by atoms with E-state index < -0.39 is 0 Å². The summed E-state index contributed by atoms with van der Waals surface area (Å²) in [5.74, 6) is 0.802. The summed E-state index contributed by atoms with van der Waals surface area (Å²) in [6.07, 6.45) is 3.52. The van der Waals surface area contributed by atoms with Gasteiger partial charge >= 0.3 is 0 Å². The van der Waals surface area contributed by atoms with Crippen molar-refractivity contribution in [2.45, 2.75) is 0 Å². The Hall–Kier alpha value is -3.79. The molecule has 0 unspecified atom stereocenters. The molecule has 0 aliphatic rings. The van der Waals surface area contributed by atoms with Gasteiger partial charge in [0.2, 0.25) is 5.88 Å². The first-order chi connectivity index (χ1) is 12.3. The van der Waals surface area contributed by atoms with E-state index in [0.717, 1.165) is 27.6 Å². The van der Waals surface area contributed by atoms with E-state index in [1.54, 1.807) is 25.6 Å². The van der Waals surface area contributed by atoms with Crippen LogP contribution < -0.4 is 4.74 Å². The van der Waals surface area contributed by atoms with Crippen molar-refractivity contribution in [3.05, 3.63) is 60.2 Å². The minimum atomic E-state index is 0.336. The number of rotatable bonds is 3. The van der Waals surface area contributed by atoms with Gasteiger partial charge in [-0.15, -0.1) is 15.2 Å². The Balaban J connectivity index is 1.91. The van der Waals surface area contributed by atoms with Gasteiger partial charge in [0, 0.05) is 34.3 Å². The van der Waals surface area contributed by atoms with Crippen molar-refractivity contribution in [2.24, 2.45) is 0 Å². The zero-order valence-electron chi connectivity index (χ0n) is 13.3. The normalized spacial score (nSPS) is 10.6. The van der Waals surface area contributed by atoms with Gasteiger partial charge < -0.3 is 9.58 Å². The third-order valence-corrected chi connectivity index (χ3v) is 3.85. The number of fused-ring (bicyclic) bond motifs is 1. The Morgan fingerprint density at radius 3 is 2.76 bits per heavy atom. The molecule has 4 aromatic rings. The quantitative estimate of drug-likeness (QED) is 0.581. The molecule has 1 N–H and O–H groups in total. The third kappa shape index (κ3) is 2.66. The molecule has 3 aromatic heterocycles. The summed E-state index contributed by atoms with van der Waals surface area (Å²) in [7, 11) is 1.56. The number of nitrogens with one attached hydrogen (secondary N) is 1. The summed E-state index contributed by atoms with van der Waals surface area (Å²) >= 11 is 0. The highest BCUT2D eigenvalue weighted by Crippen LogP contribution is 2.33. The molecule has 3 heterocycles. The zero-order chi connectivity index (χ0) is 17.2. The van der Waals surface area contributed by atoms with E-state index >= 15 is 0 Å². The predicted molar refractivity (Wildman–Crippen MR) is 93.2 cm³/mol. The van der Waals surface area contributed by atoms with Crippen molar-refractivity contribution in [3.8, 4) is 28.3 Å². The molecule has 0 saturated heterocycles. The summed E-state index contributed by atoms with van der Waals surface area (Å²) in [5, 5.41) is 15.9. The average molecular weight is 328 g/mol. The summed E-state index contributed by atoms with van der Waals surface area (Å²) in [4.78, 5) is 7.92. The van der Waals surface area contributed by atoms with E-state index in [-0.39, 0.29) is 0 Å². The van der Waals surface area contributed by atoms with E-state index in [1.165, 1.54) is 0 Å². The fourth-order valence-corrected chi connectivity index (χ4v) is 2.63. The number of nitrogens with zero attached hydrogens (tertiary/aromatic N) is 5. The summed E-state index contributed by atoms with van der Waals surface area (Å²) in [6.45, 7) is 7.23. The van der Waals surface area contributed by atoms with Crippen LogP contribution in [0.25, 0.3) is 38.1 Å². The third-order valence-electron chi connectivity index (χ3n) is 3.85. The molecule has 0 amide bonds. The van der Waals surface area contributed by atoms with Crippen LogP contribution in [0.15, 0.2) is 48.8 Å². The van der Waals surface area contributed by atoms with Crippen LogP contribution >= 0.6 is 0 Å². The van der Waals surface area contributed by atoms with Gasteiger partial charge in [0.1, 0.15) is 0 Å². The molecule has 120 valence electrons. The topological polar surface area (TPSA) is 80.9 Å². The maximum Gasteiger partial charge on any atom is 0.270 e. The highest BCUT2D eigenvalue weighted by atomic mass is 16.5. The SMILES string of the molecule is [C-]#[N+]c1ccc(-c2cn[nH]c2)c(-c2ccc3cc(OC)nnc3c2)n1. The zero-order valence-corrected chi connectivity index (χ0v) is 13.3. The Labute approximate surface area is 143 Å². The second-order valence-electron chi connectivity index (χ2n) is 5.32. The number of pyridine rings is 1. The maximum atomic E-state index is 7.23. The van der Waals surface area contributed by atoms with Gasteiger partial charge in [-0.2, -0.15) is 5.10 Å². The molecule has 25 heavy (non-hydrogen) atoms. The van der Waals surface area contributed by atoms with Crippen LogP contribution in [-0.4, -0.2) is 32.5 Å². The Bertz CT molecular complexity index is 1100. The van der Waals surface area contributed by atoms with Gasteiger partial charge in [-0.25, -0.2) is 0 Å². The molecule has 0 saturated carbocycles. The van der Waals surface area contributed by atoms with E-state index in [0.29, 0.717) is 17.4 Å². The first-order valence-electron chi connectivity index (χ1n) is 7.48. The summed E-state index contributed by atoms with van der Waals surface area (Å²) in [5.41, 5.74) is 4.08. The predicted octanol–water partition coefficient (Wildman–Crippen LogP) is 3.64. The second kappa shape index (κ2) is 6.02. The van der Waals surface area contributed by atoms with Crippen LogP contribution in [0.2, 0.25) is 0 Å². The van der Waals surface area contributed by atoms with E-state index in [4.69, 9.17) is 11.3 Å². The maximum absolute atomic E-state index is 7.23. The molecule has 0 atom stereocenters. The Morgan fingerprint density at radius 1 is 1.08 bits per heavy atom. The molecular formula is C18H12N6O. The summed E-state index contributed by atoms with van der Waals surface area (Å²) < 4.78 is 5.11. The van der Waals surface area contributed by atoms with Crippen molar-refractivity contribution in [1.29, 1.82) is 0 Å². The average Bonchev–Trinajstić information content (AvgIpc) is 3.21. The largest absolute Gasteiger partial charge is 0.480 e. The molecular weight excluding hydrogens is 316 g/mol. The van der Waals surface area contributed by atoms with E-state index in [1.807, 2.05) is 30.3 Å². The van der Waals surface area contributed by atoms with Crippen molar-refractivity contribution in [1.82, 2.24) is 25.4 Å². The molecule has 0 aliphatic heterocycles. The van der Waals surface area contributed by atoms with Crippen LogP contribution in [-0.2, 0) is 0 Å². The van der Waals surface area contributed by atoms with Crippen LogP contribution in [0.5, 0.6) is 5.88 Å². The number of hydrogen-bond acceptors (Lipinski definition) is 5. The van der Waals surface area contributed by atoms with Crippen molar-refractivity contribution in [3.63, 3.8) is 0 Å². The molecule has 7 nitrogen and oxygen atoms in total. The highest BCUT2D eigenvalue weighted by molar-refractivity contribution is 5.88. The standard InChI is InChI=1S/C18H12N6O/c1-19-16-6-5-14(13-9-20-21-10-13)18(22-16)12-4-3-11-8-17(25-2)24-23-15(11)7-12/h3-10H,2H3,(H,20,21). The number of methoxy groups -OCH3 is 1. The molecule has 7 heteroatoms. The fraction of sp³-hybridized carbons (Fsp3) is 0.0556. The number of aromatic amines is 1. The van der Waals surface area contributed by atoms with E-state index in [9.17, 15) is 0 Å². The minimum Gasteiger partial charge on any atom is -0.480 e. The molecule has 4 rings (SSSR count). The molecule has 0 radical (unpaired) electrons. The van der Waals surface area contributed by atoms with Gasteiger partial charge in [-0.1, -0.05) is 18.7 Å². The lowest BCUT2D eigenvalue weighted by Gasteiger charge is -2.06. The number of benzene rings is 1. The monoisotopic (exact) mass is 328 g/mol. The number of H-pyrrole nitrogens is 1. The Kier molecular flexibility index (Phi) is 3.56. The van der Waals surface area contributed by atoms with Gasteiger partial charge in [0.15, 0.2) is 5.69 Å². The van der Waals surface area contributed by atoms with Crippen LogP contribution in [0, 0.1) is 6.57 Å². The highest BCUT2D eigenvalue weighted by Gasteiger charge is 2.15. The second-order valence-corrected chi connectivity index (χ2v) is 5.32. The van der Waals surface area contributed by atoms with Crippen molar-refractivity contribution < 1.29 is 4.74 Å². The lowest BCUT2D eigenvalue weighted by atomic mass is 10.0. The molecule has 0 bridgehead atoms. The summed E-state index contributed by atoms with van der Waals surface area (Å²) in [6, 6.07) is 11.2. The van der Waals surface area contributed by atoms with E-state index in [2.05, 4.69) is 30.2 Å². The Morgan fingerprint density at radius 2 is 2.00 bits per heavy atom. The minimum absolute atomic E-state index is 0.336.